The summed E-state index contributed by atoms with van der Waals surface area (Å²) in [7, 11) is 1.28. The minimum atomic E-state index is -0.808. The van der Waals surface area contributed by atoms with Gasteiger partial charge in [0.1, 0.15) is 12.1 Å². The lowest BCUT2D eigenvalue weighted by molar-refractivity contribution is -0.145. The van der Waals surface area contributed by atoms with Crippen LogP contribution in [0.5, 0.6) is 0 Å². The molecule has 0 unspecified atom stereocenters. The smallest absolute Gasteiger partial charge is 0.328 e. The molecule has 0 bridgehead atoms. The molecule has 0 fully saturated rings. The minimum Gasteiger partial charge on any atom is -0.467 e. The maximum absolute atomic E-state index is 12.5. The number of benzene rings is 1. The molecule has 1 aromatic rings. The molecule has 24 heavy (non-hydrogen) atoms. The van der Waals surface area contributed by atoms with E-state index in [2.05, 4.69) is 33.2 Å². The highest BCUT2D eigenvalue weighted by Crippen LogP contribution is 2.10. The molecule has 0 saturated carbocycles. The highest BCUT2D eigenvalue weighted by molar-refractivity contribution is 14.1. The van der Waals surface area contributed by atoms with Crippen molar-refractivity contribution in [2.24, 2.45) is 5.92 Å². The molecule has 2 N–H and O–H groups in total. The summed E-state index contributed by atoms with van der Waals surface area (Å²) in [5, 5.41) is 5.30. The zero-order valence-electron chi connectivity index (χ0n) is 14.3. The van der Waals surface area contributed by atoms with Gasteiger partial charge < -0.3 is 15.4 Å². The molecule has 6 nitrogen and oxygen atoms in total. The van der Waals surface area contributed by atoms with Crippen LogP contribution in [0.25, 0.3) is 0 Å². The normalized spacial score (nSPS) is 13.1. The summed E-state index contributed by atoms with van der Waals surface area (Å²) in [5.41, 5.74) is 0.909. The molecular formula is C17H23IN2O4. The Balaban J connectivity index is 2.88. The van der Waals surface area contributed by atoms with Crippen molar-refractivity contribution in [2.75, 3.05) is 7.11 Å². The Morgan fingerprint density at radius 2 is 1.71 bits per heavy atom. The summed E-state index contributed by atoms with van der Waals surface area (Å²) in [6.07, 6.45) is 0.320. The van der Waals surface area contributed by atoms with Gasteiger partial charge in [0.25, 0.3) is 0 Å². The number of ether oxygens (including phenoxy) is 1. The van der Waals surface area contributed by atoms with Crippen LogP contribution >= 0.6 is 22.6 Å². The fourth-order valence-corrected chi connectivity index (χ4v) is 2.57. The lowest BCUT2D eigenvalue weighted by atomic mass is 10.0. The van der Waals surface area contributed by atoms with Gasteiger partial charge >= 0.3 is 5.97 Å². The van der Waals surface area contributed by atoms with Gasteiger partial charge in [0, 0.05) is 16.9 Å². The third-order valence-corrected chi connectivity index (χ3v) is 4.18. The monoisotopic (exact) mass is 446 g/mol. The van der Waals surface area contributed by atoms with Crippen LogP contribution in [0.2, 0.25) is 0 Å². The second-order valence-electron chi connectivity index (χ2n) is 5.84. The molecule has 0 aliphatic rings. The number of nitrogens with one attached hydrogen (secondary N) is 2. The van der Waals surface area contributed by atoms with Crippen LogP contribution in [-0.2, 0) is 25.5 Å². The maximum Gasteiger partial charge on any atom is 0.328 e. The van der Waals surface area contributed by atoms with Crippen LogP contribution in [0, 0.1) is 9.49 Å². The van der Waals surface area contributed by atoms with E-state index >= 15 is 0 Å². The molecule has 0 heterocycles. The van der Waals surface area contributed by atoms with Gasteiger partial charge in [-0.3, -0.25) is 9.59 Å². The van der Waals surface area contributed by atoms with Crippen molar-refractivity contribution >= 4 is 40.4 Å². The van der Waals surface area contributed by atoms with Gasteiger partial charge in [0.05, 0.1) is 7.11 Å². The molecule has 0 radical (unpaired) electrons. The fourth-order valence-electron chi connectivity index (χ4n) is 2.21. The number of methoxy groups -OCH3 is 1. The van der Waals surface area contributed by atoms with Crippen LogP contribution in [0.15, 0.2) is 24.3 Å². The minimum absolute atomic E-state index is 0.106. The molecule has 0 saturated heterocycles. The topological polar surface area (TPSA) is 84.5 Å². The average Bonchev–Trinajstić information content (AvgIpc) is 2.52. The SMILES string of the molecule is COC(=O)[C@H](Cc1ccc(I)cc1)NC(=O)[C@H](NC(C)=O)C(C)C. The number of carbonyl (C=O) groups excluding carboxylic acids is 3. The highest BCUT2D eigenvalue weighted by atomic mass is 127. The van der Waals surface area contributed by atoms with E-state index in [0.29, 0.717) is 6.42 Å². The Morgan fingerprint density at radius 3 is 2.17 bits per heavy atom. The van der Waals surface area contributed by atoms with Crippen LogP contribution in [-0.4, -0.2) is 37.0 Å². The Morgan fingerprint density at radius 1 is 1.12 bits per heavy atom. The Labute approximate surface area is 155 Å². The van der Waals surface area contributed by atoms with Crippen molar-refractivity contribution in [1.29, 1.82) is 0 Å². The molecule has 7 heteroatoms. The summed E-state index contributed by atoms with van der Waals surface area (Å²) in [5.74, 6) is -1.32. The quantitative estimate of drug-likeness (QED) is 0.493. The van der Waals surface area contributed by atoms with E-state index < -0.39 is 24.0 Å². The molecule has 132 valence electrons. The summed E-state index contributed by atoms with van der Waals surface area (Å²) >= 11 is 2.20. The molecule has 0 aliphatic heterocycles. The lowest BCUT2D eigenvalue weighted by Gasteiger charge is -2.24. The van der Waals surface area contributed by atoms with Gasteiger partial charge in [-0.25, -0.2) is 4.79 Å². The van der Waals surface area contributed by atoms with Gasteiger partial charge in [-0.15, -0.1) is 0 Å². The first-order valence-corrected chi connectivity index (χ1v) is 8.72. The van der Waals surface area contributed by atoms with E-state index in [4.69, 9.17) is 4.74 Å². The second-order valence-corrected chi connectivity index (χ2v) is 7.08. The van der Waals surface area contributed by atoms with Gasteiger partial charge in [-0.05, 0) is 46.2 Å². The number of carbonyl (C=O) groups is 3. The summed E-state index contributed by atoms with van der Waals surface area (Å²) < 4.78 is 5.87. The van der Waals surface area contributed by atoms with E-state index in [0.717, 1.165) is 9.13 Å². The predicted molar refractivity (Wildman–Crippen MR) is 99.3 cm³/mol. The van der Waals surface area contributed by atoms with E-state index in [1.54, 1.807) is 0 Å². The van der Waals surface area contributed by atoms with E-state index in [-0.39, 0.29) is 11.8 Å². The molecular weight excluding hydrogens is 423 g/mol. The number of esters is 1. The van der Waals surface area contributed by atoms with Gasteiger partial charge in [0.15, 0.2) is 0 Å². The Kier molecular flexibility index (Phi) is 8.17. The largest absolute Gasteiger partial charge is 0.467 e. The standard InChI is InChI=1S/C17H23IN2O4/c1-10(2)15(19-11(3)21)16(22)20-14(17(23)24-4)9-12-5-7-13(18)8-6-12/h5-8,10,14-15H,9H2,1-4H3,(H,19,21)(H,20,22)/t14-,15+/m0/s1. The summed E-state index contributed by atoms with van der Waals surface area (Å²) in [6, 6.07) is 6.15. The van der Waals surface area contributed by atoms with Gasteiger partial charge in [-0.2, -0.15) is 0 Å². The number of amides is 2. The number of halogens is 1. The Bertz CT molecular complexity index is 587. The van der Waals surface area contributed by atoms with Crippen LogP contribution < -0.4 is 10.6 Å². The van der Waals surface area contributed by atoms with E-state index in [1.165, 1.54) is 14.0 Å². The molecule has 2 amide bonds. The van der Waals surface area contributed by atoms with Crippen LogP contribution in [0.4, 0.5) is 0 Å². The number of hydrogen-bond acceptors (Lipinski definition) is 4. The number of hydrogen-bond donors (Lipinski definition) is 2. The van der Waals surface area contributed by atoms with Gasteiger partial charge in [-0.1, -0.05) is 26.0 Å². The van der Waals surface area contributed by atoms with Gasteiger partial charge in [0.2, 0.25) is 11.8 Å². The third-order valence-electron chi connectivity index (χ3n) is 3.46. The van der Waals surface area contributed by atoms with Crippen molar-refractivity contribution < 1.29 is 19.1 Å². The molecule has 0 aliphatic carbocycles. The van der Waals surface area contributed by atoms with Crippen molar-refractivity contribution in [3.05, 3.63) is 33.4 Å². The number of rotatable bonds is 7. The van der Waals surface area contributed by atoms with E-state index in [1.807, 2.05) is 38.1 Å². The first-order chi connectivity index (χ1) is 11.2. The van der Waals surface area contributed by atoms with Crippen molar-refractivity contribution in [3.8, 4) is 0 Å². The maximum atomic E-state index is 12.5. The third kappa shape index (κ3) is 6.46. The summed E-state index contributed by atoms with van der Waals surface area (Å²) in [6.45, 7) is 5.00. The van der Waals surface area contributed by atoms with Crippen LogP contribution in [0.3, 0.4) is 0 Å². The lowest BCUT2D eigenvalue weighted by Crippen LogP contribution is -2.54. The second kappa shape index (κ2) is 9.61. The average molecular weight is 446 g/mol. The zero-order chi connectivity index (χ0) is 18.3. The molecule has 0 spiro atoms. The first-order valence-electron chi connectivity index (χ1n) is 7.64. The predicted octanol–water partition coefficient (Wildman–Crippen LogP) is 1.65. The summed E-state index contributed by atoms with van der Waals surface area (Å²) in [4.78, 5) is 35.7. The van der Waals surface area contributed by atoms with E-state index in [9.17, 15) is 14.4 Å². The fraction of sp³-hybridized carbons (Fsp3) is 0.471. The Hall–Kier alpha value is -1.64. The molecule has 2 atom stereocenters. The zero-order valence-corrected chi connectivity index (χ0v) is 16.4. The van der Waals surface area contributed by atoms with Crippen molar-refractivity contribution in [2.45, 2.75) is 39.3 Å². The van der Waals surface area contributed by atoms with Crippen LogP contribution in [0.1, 0.15) is 26.3 Å². The van der Waals surface area contributed by atoms with Crippen molar-refractivity contribution in [1.82, 2.24) is 10.6 Å². The first kappa shape index (κ1) is 20.4. The molecule has 1 aromatic carbocycles. The highest BCUT2D eigenvalue weighted by Gasteiger charge is 2.28. The van der Waals surface area contributed by atoms with Crippen molar-refractivity contribution in [3.63, 3.8) is 0 Å². The molecule has 1 rings (SSSR count). The molecule has 0 aromatic heterocycles.